The number of furan rings is 1. The maximum atomic E-state index is 5.48. The van der Waals surface area contributed by atoms with E-state index in [1.165, 1.54) is 31.2 Å². The molecule has 1 aromatic heterocycles. The Bertz CT molecular complexity index is 312. The Hall–Kier alpha value is -0.760. The van der Waals surface area contributed by atoms with Gasteiger partial charge < -0.3 is 9.73 Å². The molecular formula is C13H21NO. The molecule has 1 heterocycles. The van der Waals surface area contributed by atoms with Crippen LogP contribution in [0.3, 0.4) is 0 Å². The zero-order valence-corrected chi connectivity index (χ0v) is 9.81. The van der Waals surface area contributed by atoms with Crippen LogP contribution in [0, 0.1) is 19.8 Å². The van der Waals surface area contributed by atoms with Gasteiger partial charge in [-0.3, -0.25) is 0 Å². The molecular weight excluding hydrogens is 186 g/mol. The van der Waals surface area contributed by atoms with Crippen molar-refractivity contribution in [2.24, 2.45) is 5.92 Å². The molecule has 0 amide bonds. The highest BCUT2D eigenvalue weighted by Gasteiger charge is 2.16. The van der Waals surface area contributed by atoms with Crippen LogP contribution in [0.1, 0.15) is 42.8 Å². The lowest BCUT2D eigenvalue weighted by atomic mass is 9.83. The highest BCUT2D eigenvalue weighted by Crippen LogP contribution is 2.28. The Morgan fingerprint density at radius 2 is 2.20 bits per heavy atom. The van der Waals surface area contributed by atoms with E-state index in [4.69, 9.17) is 4.42 Å². The quantitative estimate of drug-likeness (QED) is 0.750. The highest BCUT2D eigenvalue weighted by molar-refractivity contribution is 5.19. The maximum absolute atomic E-state index is 5.48. The van der Waals surface area contributed by atoms with Crippen molar-refractivity contribution in [1.29, 1.82) is 0 Å². The summed E-state index contributed by atoms with van der Waals surface area (Å²) in [6.45, 7) is 6.14. The molecule has 1 saturated carbocycles. The zero-order valence-electron chi connectivity index (χ0n) is 9.81. The molecule has 0 bridgehead atoms. The first-order valence-electron chi connectivity index (χ1n) is 6.02. The fraction of sp³-hybridized carbons (Fsp3) is 0.692. The van der Waals surface area contributed by atoms with E-state index < -0.39 is 0 Å². The van der Waals surface area contributed by atoms with Crippen molar-refractivity contribution in [2.45, 2.75) is 46.1 Å². The van der Waals surface area contributed by atoms with E-state index >= 15 is 0 Å². The minimum Gasteiger partial charge on any atom is -0.466 e. The first-order valence-corrected chi connectivity index (χ1v) is 6.02. The minimum absolute atomic E-state index is 0.954. The summed E-state index contributed by atoms with van der Waals surface area (Å²) in [4.78, 5) is 0. The van der Waals surface area contributed by atoms with Gasteiger partial charge in [-0.1, -0.05) is 19.3 Å². The molecule has 0 aliphatic heterocycles. The molecule has 0 atom stereocenters. The van der Waals surface area contributed by atoms with E-state index in [1.54, 1.807) is 0 Å². The summed E-state index contributed by atoms with van der Waals surface area (Å²) in [6.07, 6.45) is 5.69. The van der Waals surface area contributed by atoms with Gasteiger partial charge in [0.15, 0.2) is 0 Å². The predicted molar refractivity (Wildman–Crippen MR) is 61.8 cm³/mol. The van der Waals surface area contributed by atoms with Gasteiger partial charge in [-0.15, -0.1) is 0 Å². The molecule has 1 aromatic rings. The zero-order chi connectivity index (χ0) is 10.7. The summed E-state index contributed by atoms with van der Waals surface area (Å²) in [6, 6.07) is 2.13. The van der Waals surface area contributed by atoms with Crippen molar-refractivity contribution in [2.75, 3.05) is 6.54 Å². The lowest BCUT2D eigenvalue weighted by Crippen LogP contribution is -2.21. The Balaban J connectivity index is 1.66. The second-order valence-corrected chi connectivity index (χ2v) is 4.70. The molecule has 2 heteroatoms. The molecule has 0 unspecified atom stereocenters. The van der Waals surface area contributed by atoms with E-state index in [0.717, 1.165) is 30.5 Å². The van der Waals surface area contributed by atoms with Gasteiger partial charge in [0, 0.05) is 12.1 Å². The molecule has 1 aliphatic rings. The summed E-state index contributed by atoms with van der Waals surface area (Å²) in [7, 11) is 0. The SMILES string of the molecule is Cc1cc(CNCCC2CCC2)c(C)o1. The summed E-state index contributed by atoms with van der Waals surface area (Å²) < 4.78 is 5.48. The van der Waals surface area contributed by atoms with Crippen molar-refractivity contribution in [3.63, 3.8) is 0 Å². The van der Waals surface area contributed by atoms with Crippen LogP contribution in [-0.4, -0.2) is 6.54 Å². The lowest BCUT2D eigenvalue weighted by Gasteiger charge is -2.25. The smallest absolute Gasteiger partial charge is 0.105 e. The second-order valence-electron chi connectivity index (χ2n) is 4.70. The molecule has 0 aromatic carbocycles. The molecule has 2 rings (SSSR count). The molecule has 1 fully saturated rings. The van der Waals surface area contributed by atoms with Crippen LogP contribution in [0.4, 0.5) is 0 Å². The monoisotopic (exact) mass is 207 g/mol. The van der Waals surface area contributed by atoms with Gasteiger partial charge in [0.05, 0.1) is 0 Å². The third kappa shape index (κ3) is 2.85. The van der Waals surface area contributed by atoms with Crippen molar-refractivity contribution in [1.82, 2.24) is 5.32 Å². The number of nitrogens with one attached hydrogen (secondary N) is 1. The summed E-state index contributed by atoms with van der Waals surface area (Å²) in [5.41, 5.74) is 1.31. The molecule has 0 spiro atoms. The van der Waals surface area contributed by atoms with Crippen LogP contribution in [0.2, 0.25) is 0 Å². The van der Waals surface area contributed by atoms with E-state index in [1.807, 2.05) is 13.8 Å². The first-order chi connectivity index (χ1) is 7.25. The third-order valence-corrected chi connectivity index (χ3v) is 3.41. The summed E-state index contributed by atoms with van der Waals surface area (Å²) in [5, 5.41) is 3.49. The molecule has 15 heavy (non-hydrogen) atoms. The van der Waals surface area contributed by atoms with Gasteiger partial charge in [0.1, 0.15) is 11.5 Å². The van der Waals surface area contributed by atoms with E-state index in [0.29, 0.717) is 0 Å². The second kappa shape index (κ2) is 4.84. The molecule has 0 radical (unpaired) electrons. The van der Waals surface area contributed by atoms with Crippen LogP contribution in [0.25, 0.3) is 0 Å². The lowest BCUT2D eigenvalue weighted by molar-refractivity contribution is 0.292. The van der Waals surface area contributed by atoms with Crippen LogP contribution >= 0.6 is 0 Å². The average Bonchev–Trinajstić information content (AvgIpc) is 2.42. The van der Waals surface area contributed by atoms with Gasteiger partial charge in [0.25, 0.3) is 0 Å². The number of hydrogen-bond acceptors (Lipinski definition) is 2. The number of aryl methyl sites for hydroxylation is 2. The Morgan fingerprint density at radius 1 is 1.40 bits per heavy atom. The molecule has 84 valence electrons. The van der Waals surface area contributed by atoms with Crippen molar-refractivity contribution in [3.8, 4) is 0 Å². The predicted octanol–water partition coefficient (Wildman–Crippen LogP) is 3.18. The standard InChI is InChI=1S/C13H21NO/c1-10-8-13(11(2)15-10)9-14-7-6-12-4-3-5-12/h8,12,14H,3-7,9H2,1-2H3. The van der Waals surface area contributed by atoms with Gasteiger partial charge in [0.2, 0.25) is 0 Å². The molecule has 0 saturated heterocycles. The topological polar surface area (TPSA) is 25.2 Å². The van der Waals surface area contributed by atoms with Crippen LogP contribution in [0.15, 0.2) is 10.5 Å². The summed E-state index contributed by atoms with van der Waals surface area (Å²) in [5.74, 6) is 3.08. The largest absolute Gasteiger partial charge is 0.466 e. The van der Waals surface area contributed by atoms with Crippen LogP contribution < -0.4 is 5.32 Å². The Labute approximate surface area is 92.1 Å². The minimum atomic E-state index is 0.954. The van der Waals surface area contributed by atoms with Crippen molar-refractivity contribution < 1.29 is 4.42 Å². The van der Waals surface area contributed by atoms with E-state index in [9.17, 15) is 0 Å². The van der Waals surface area contributed by atoms with Gasteiger partial charge >= 0.3 is 0 Å². The maximum Gasteiger partial charge on any atom is 0.105 e. The normalized spacial score (nSPS) is 16.7. The number of rotatable bonds is 5. The fourth-order valence-corrected chi connectivity index (χ4v) is 2.17. The fourth-order valence-electron chi connectivity index (χ4n) is 2.17. The van der Waals surface area contributed by atoms with Gasteiger partial charge in [-0.25, -0.2) is 0 Å². The summed E-state index contributed by atoms with van der Waals surface area (Å²) >= 11 is 0. The van der Waals surface area contributed by atoms with E-state index in [2.05, 4.69) is 11.4 Å². The van der Waals surface area contributed by atoms with Crippen molar-refractivity contribution in [3.05, 3.63) is 23.2 Å². The van der Waals surface area contributed by atoms with Crippen LogP contribution in [-0.2, 0) is 6.54 Å². The van der Waals surface area contributed by atoms with E-state index in [-0.39, 0.29) is 0 Å². The Morgan fingerprint density at radius 3 is 2.73 bits per heavy atom. The van der Waals surface area contributed by atoms with Crippen molar-refractivity contribution >= 4 is 0 Å². The number of hydrogen-bond donors (Lipinski definition) is 1. The Kier molecular flexibility index (Phi) is 3.47. The third-order valence-electron chi connectivity index (χ3n) is 3.41. The van der Waals surface area contributed by atoms with Crippen LogP contribution in [0.5, 0.6) is 0 Å². The van der Waals surface area contributed by atoms with Gasteiger partial charge in [-0.2, -0.15) is 0 Å². The highest BCUT2D eigenvalue weighted by atomic mass is 16.3. The molecule has 1 N–H and O–H groups in total. The first kappa shape index (κ1) is 10.7. The molecule has 2 nitrogen and oxygen atoms in total. The average molecular weight is 207 g/mol. The molecule has 1 aliphatic carbocycles. The van der Waals surface area contributed by atoms with Gasteiger partial charge in [-0.05, 0) is 38.8 Å².